The molecule has 0 bridgehead atoms. The Bertz CT molecular complexity index is 787. The molecule has 1 fully saturated rings. The zero-order valence-electron chi connectivity index (χ0n) is 12.5. The number of aromatic nitrogens is 2. The van der Waals surface area contributed by atoms with E-state index in [9.17, 15) is 8.42 Å². The number of nitrogens with two attached hydrogens (primary N) is 1. The summed E-state index contributed by atoms with van der Waals surface area (Å²) < 4.78 is 22.5. The van der Waals surface area contributed by atoms with Crippen molar-refractivity contribution >= 4 is 16.0 Å². The summed E-state index contributed by atoms with van der Waals surface area (Å²) in [5.74, 6) is 1.44. The lowest BCUT2D eigenvalue weighted by Crippen LogP contribution is -2.13. The van der Waals surface area contributed by atoms with Crippen LogP contribution in [0.2, 0.25) is 0 Å². The van der Waals surface area contributed by atoms with E-state index in [-0.39, 0.29) is 4.90 Å². The second-order valence-corrected chi connectivity index (χ2v) is 7.30. The molecule has 0 unspecified atom stereocenters. The SMILES string of the molecule is CN(C)c1nccc([C@@H]2C[C@H]2c2ccc(S(N)(=O)=O)cc2)n1. The van der Waals surface area contributed by atoms with E-state index in [4.69, 9.17) is 5.14 Å². The van der Waals surface area contributed by atoms with Crippen molar-refractivity contribution in [2.24, 2.45) is 5.14 Å². The van der Waals surface area contributed by atoms with Crippen LogP contribution in [0.3, 0.4) is 0 Å². The number of benzene rings is 1. The lowest BCUT2D eigenvalue weighted by Gasteiger charge is -2.10. The summed E-state index contributed by atoms with van der Waals surface area (Å²) in [6.07, 6.45) is 2.79. The third-order valence-electron chi connectivity index (χ3n) is 3.87. The molecule has 1 heterocycles. The molecule has 2 aromatic rings. The van der Waals surface area contributed by atoms with Gasteiger partial charge in [0.2, 0.25) is 16.0 Å². The number of anilines is 1. The van der Waals surface area contributed by atoms with E-state index in [0.29, 0.717) is 17.8 Å². The van der Waals surface area contributed by atoms with Gasteiger partial charge in [-0.1, -0.05) is 12.1 Å². The molecule has 22 heavy (non-hydrogen) atoms. The molecule has 6 nitrogen and oxygen atoms in total. The summed E-state index contributed by atoms with van der Waals surface area (Å²) in [7, 11) is 0.193. The van der Waals surface area contributed by atoms with Gasteiger partial charge < -0.3 is 4.90 Å². The van der Waals surface area contributed by atoms with Crippen LogP contribution in [0.5, 0.6) is 0 Å². The molecule has 0 saturated heterocycles. The summed E-state index contributed by atoms with van der Waals surface area (Å²) in [5, 5.41) is 5.11. The first-order valence-electron chi connectivity index (χ1n) is 6.99. The van der Waals surface area contributed by atoms with Gasteiger partial charge in [0.15, 0.2) is 0 Å². The highest BCUT2D eigenvalue weighted by Gasteiger charge is 2.40. The van der Waals surface area contributed by atoms with Crippen molar-refractivity contribution in [3.63, 3.8) is 0 Å². The van der Waals surface area contributed by atoms with Crippen molar-refractivity contribution in [2.75, 3.05) is 19.0 Å². The average Bonchev–Trinajstić information content (AvgIpc) is 3.27. The predicted octanol–water partition coefficient (Wildman–Crippen LogP) is 1.46. The lowest BCUT2D eigenvalue weighted by molar-refractivity contribution is 0.598. The van der Waals surface area contributed by atoms with Crippen LogP contribution in [-0.4, -0.2) is 32.5 Å². The first kappa shape index (κ1) is 14.9. The topological polar surface area (TPSA) is 89.2 Å². The van der Waals surface area contributed by atoms with Gasteiger partial charge >= 0.3 is 0 Å². The maximum atomic E-state index is 11.3. The molecule has 1 aliphatic rings. The predicted molar refractivity (Wildman–Crippen MR) is 84.3 cm³/mol. The van der Waals surface area contributed by atoms with E-state index >= 15 is 0 Å². The molecular formula is C15H18N4O2S. The highest BCUT2D eigenvalue weighted by Crippen LogP contribution is 2.54. The number of rotatable bonds is 4. The Morgan fingerprint density at radius 2 is 1.82 bits per heavy atom. The molecule has 0 spiro atoms. The molecule has 1 saturated carbocycles. The first-order chi connectivity index (χ1) is 10.4. The van der Waals surface area contributed by atoms with Gasteiger partial charge in [-0.15, -0.1) is 0 Å². The van der Waals surface area contributed by atoms with Crippen LogP contribution < -0.4 is 10.0 Å². The highest BCUT2D eigenvalue weighted by atomic mass is 32.2. The molecule has 1 aliphatic carbocycles. The number of hydrogen-bond acceptors (Lipinski definition) is 5. The van der Waals surface area contributed by atoms with Gasteiger partial charge in [0.1, 0.15) is 0 Å². The van der Waals surface area contributed by atoms with Crippen molar-refractivity contribution < 1.29 is 8.42 Å². The molecule has 2 atom stereocenters. The van der Waals surface area contributed by atoms with Crippen molar-refractivity contribution in [3.8, 4) is 0 Å². The first-order valence-corrected chi connectivity index (χ1v) is 8.54. The Kier molecular flexibility index (Phi) is 3.62. The fourth-order valence-electron chi connectivity index (χ4n) is 2.58. The summed E-state index contributed by atoms with van der Waals surface area (Å²) in [6, 6.07) is 8.73. The van der Waals surface area contributed by atoms with E-state index in [1.54, 1.807) is 18.3 Å². The number of nitrogens with zero attached hydrogens (tertiary/aromatic N) is 3. The second-order valence-electron chi connectivity index (χ2n) is 5.74. The van der Waals surface area contributed by atoms with Gasteiger partial charge in [0.05, 0.1) is 4.90 Å². The van der Waals surface area contributed by atoms with Crippen molar-refractivity contribution in [1.29, 1.82) is 0 Å². The zero-order chi connectivity index (χ0) is 15.9. The summed E-state index contributed by atoms with van der Waals surface area (Å²) >= 11 is 0. The van der Waals surface area contributed by atoms with E-state index in [1.165, 1.54) is 0 Å². The van der Waals surface area contributed by atoms with Crippen molar-refractivity contribution in [2.45, 2.75) is 23.2 Å². The smallest absolute Gasteiger partial charge is 0.238 e. The minimum Gasteiger partial charge on any atom is -0.347 e. The molecule has 2 N–H and O–H groups in total. The van der Waals surface area contributed by atoms with E-state index in [0.717, 1.165) is 17.7 Å². The standard InChI is InChI=1S/C15H18N4O2S/c1-19(2)15-17-8-7-14(18-15)13-9-12(13)10-3-5-11(6-4-10)22(16,20)21/h3-8,12-13H,9H2,1-2H3,(H2,16,20,21)/t12-,13+/m0/s1. The summed E-state index contributed by atoms with van der Waals surface area (Å²) in [4.78, 5) is 10.8. The van der Waals surface area contributed by atoms with Gasteiger partial charge in [-0.05, 0) is 36.1 Å². The molecule has 0 amide bonds. The Labute approximate surface area is 130 Å². The monoisotopic (exact) mass is 318 g/mol. The Hall–Kier alpha value is -1.99. The number of hydrogen-bond donors (Lipinski definition) is 1. The van der Waals surface area contributed by atoms with Crippen LogP contribution in [0.15, 0.2) is 41.4 Å². The Morgan fingerprint density at radius 1 is 1.14 bits per heavy atom. The highest BCUT2D eigenvalue weighted by molar-refractivity contribution is 7.89. The van der Waals surface area contributed by atoms with Gasteiger partial charge in [-0.3, -0.25) is 0 Å². The van der Waals surface area contributed by atoms with Gasteiger partial charge in [0, 0.05) is 31.9 Å². The molecule has 0 aliphatic heterocycles. The van der Waals surface area contributed by atoms with Crippen LogP contribution in [0, 0.1) is 0 Å². The van der Waals surface area contributed by atoms with Gasteiger partial charge in [-0.2, -0.15) is 0 Å². The number of primary sulfonamides is 1. The fraction of sp³-hybridized carbons (Fsp3) is 0.333. The Morgan fingerprint density at radius 3 is 2.41 bits per heavy atom. The molecule has 0 radical (unpaired) electrons. The molecule has 7 heteroatoms. The fourth-order valence-corrected chi connectivity index (χ4v) is 3.09. The third-order valence-corrected chi connectivity index (χ3v) is 4.80. The van der Waals surface area contributed by atoms with Crippen LogP contribution in [0.1, 0.15) is 29.5 Å². The average molecular weight is 318 g/mol. The van der Waals surface area contributed by atoms with Crippen LogP contribution >= 0.6 is 0 Å². The summed E-state index contributed by atoms with van der Waals surface area (Å²) in [6.45, 7) is 0. The third kappa shape index (κ3) is 2.95. The quantitative estimate of drug-likeness (QED) is 0.922. The molecule has 1 aromatic carbocycles. The lowest BCUT2D eigenvalue weighted by atomic mass is 10.1. The number of sulfonamides is 1. The summed E-state index contributed by atoms with van der Waals surface area (Å²) in [5.41, 5.74) is 2.14. The van der Waals surface area contributed by atoms with Gasteiger partial charge in [-0.25, -0.2) is 23.5 Å². The van der Waals surface area contributed by atoms with Crippen LogP contribution in [0.4, 0.5) is 5.95 Å². The second kappa shape index (κ2) is 5.33. The molecule has 116 valence electrons. The molecule has 1 aromatic heterocycles. The maximum Gasteiger partial charge on any atom is 0.238 e. The Balaban J connectivity index is 1.78. The minimum atomic E-state index is -3.63. The van der Waals surface area contributed by atoms with Gasteiger partial charge in [0.25, 0.3) is 0 Å². The minimum absolute atomic E-state index is 0.144. The molecule has 3 rings (SSSR count). The van der Waals surface area contributed by atoms with Crippen LogP contribution in [0.25, 0.3) is 0 Å². The van der Waals surface area contributed by atoms with Crippen molar-refractivity contribution in [3.05, 3.63) is 47.8 Å². The normalized spacial score (nSPS) is 20.7. The van der Waals surface area contributed by atoms with Crippen molar-refractivity contribution in [1.82, 2.24) is 9.97 Å². The zero-order valence-corrected chi connectivity index (χ0v) is 13.3. The molecular weight excluding hydrogens is 300 g/mol. The maximum absolute atomic E-state index is 11.3. The largest absolute Gasteiger partial charge is 0.347 e. The van der Waals surface area contributed by atoms with E-state index in [1.807, 2.05) is 37.2 Å². The van der Waals surface area contributed by atoms with E-state index in [2.05, 4.69) is 9.97 Å². The van der Waals surface area contributed by atoms with Crippen LogP contribution in [-0.2, 0) is 10.0 Å². The van der Waals surface area contributed by atoms with E-state index < -0.39 is 10.0 Å².